The Morgan fingerprint density at radius 2 is 1.91 bits per heavy atom. The summed E-state index contributed by atoms with van der Waals surface area (Å²) >= 11 is 0. The van der Waals surface area contributed by atoms with Crippen LogP contribution in [0.2, 0.25) is 0 Å². The number of carbonyl (C=O) groups is 2. The van der Waals surface area contributed by atoms with E-state index in [0.717, 1.165) is 5.57 Å². The second-order valence-corrected chi connectivity index (χ2v) is 2.35. The number of carbonyl (C=O) groups excluding carboxylic acids is 2. The number of ether oxygens (including phenoxy) is 1. The summed E-state index contributed by atoms with van der Waals surface area (Å²) in [4.78, 5) is 21.1. The maximum absolute atomic E-state index is 10.6. The second kappa shape index (κ2) is 4.66. The number of methoxy groups -OCH3 is 1. The Morgan fingerprint density at radius 1 is 1.36 bits per heavy atom. The van der Waals surface area contributed by atoms with Crippen molar-refractivity contribution in [3.8, 4) is 0 Å². The Hall–Kier alpha value is -1.12. The fourth-order valence-electron chi connectivity index (χ4n) is 0.698. The lowest BCUT2D eigenvalue weighted by molar-refractivity contribution is -0.139. The van der Waals surface area contributed by atoms with Crippen LogP contribution in [0.15, 0.2) is 11.6 Å². The minimum atomic E-state index is -0.319. The van der Waals surface area contributed by atoms with Crippen LogP contribution in [0.5, 0.6) is 0 Å². The van der Waals surface area contributed by atoms with Crippen molar-refractivity contribution in [3.05, 3.63) is 11.6 Å². The maximum atomic E-state index is 10.6. The molecular formula is C8H12O3. The minimum absolute atomic E-state index is 0.0496. The Balaban J connectivity index is 3.96. The molecule has 0 saturated carbocycles. The third kappa shape index (κ3) is 5.33. The molecule has 0 radical (unpaired) electrons. The molecule has 0 unspecified atom stereocenters. The van der Waals surface area contributed by atoms with Crippen molar-refractivity contribution in [2.75, 3.05) is 7.11 Å². The third-order valence-electron chi connectivity index (χ3n) is 1.10. The standard InChI is InChI=1S/C8H12O3/c1-6(4-7(2)9)5-8(10)11-3/h4H,5H2,1-3H3. The number of rotatable bonds is 3. The molecule has 0 amide bonds. The van der Waals surface area contributed by atoms with E-state index < -0.39 is 0 Å². The van der Waals surface area contributed by atoms with Gasteiger partial charge < -0.3 is 4.74 Å². The zero-order chi connectivity index (χ0) is 8.85. The van der Waals surface area contributed by atoms with E-state index in [1.54, 1.807) is 6.92 Å². The first kappa shape index (κ1) is 9.88. The van der Waals surface area contributed by atoms with Crippen LogP contribution in [0.25, 0.3) is 0 Å². The summed E-state index contributed by atoms with van der Waals surface area (Å²) in [5.41, 5.74) is 0.726. The van der Waals surface area contributed by atoms with Crippen LogP contribution in [0.3, 0.4) is 0 Å². The molecule has 0 aromatic heterocycles. The topological polar surface area (TPSA) is 43.4 Å². The van der Waals surface area contributed by atoms with E-state index >= 15 is 0 Å². The quantitative estimate of drug-likeness (QED) is 0.453. The Kier molecular flexibility index (Phi) is 4.18. The summed E-state index contributed by atoms with van der Waals surface area (Å²) in [6, 6.07) is 0. The fraction of sp³-hybridized carbons (Fsp3) is 0.500. The van der Waals surface area contributed by atoms with Gasteiger partial charge in [-0.25, -0.2) is 0 Å². The number of ketones is 1. The van der Waals surface area contributed by atoms with Crippen LogP contribution in [0.4, 0.5) is 0 Å². The highest BCUT2D eigenvalue weighted by Crippen LogP contribution is 2.00. The highest BCUT2D eigenvalue weighted by molar-refractivity contribution is 5.88. The van der Waals surface area contributed by atoms with Gasteiger partial charge in [-0.1, -0.05) is 5.57 Å². The van der Waals surface area contributed by atoms with E-state index in [4.69, 9.17) is 0 Å². The van der Waals surface area contributed by atoms with Crippen molar-refractivity contribution in [1.29, 1.82) is 0 Å². The summed E-state index contributed by atoms with van der Waals surface area (Å²) in [6.07, 6.45) is 1.62. The lowest BCUT2D eigenvalue weighted by Crippen LogP contribution is -2.01. The first-order chi connectivity index (χ1) is 5.06. The Morgan fingerprint density at radius 3 is 2.27 bits per heavy atom. The van der Waals surface area contributed by atoms with Crippen molar-refractivity contribution in [3.63, 3.8) is 0 Å². The van der Waals surface area contributed by atoms with E-state index in [1.807, 2.05) is 0 Å². The molecule has 0 spiro atoms. The normalized spacial score (nSPS) is 11.0. The van der Waals surface area contributed by atoms with Crippen molar-refractivity contribution >= 4 is 11.8 Å². The molecule has 0 aliphatic rings. The molecule has 3 nitrogen and oxygen atoms in total. The second-order valence-electron chi connectivity index (χ2n) is 2.35. The molecule has 0 aliphatic carbocycles. The lowest BCUT2D eigenvalue weighted by Gasteiger charge is -1.97. The highest BCUT2D eigenvalue weighted by Gasteiger charge is 2.01. The van der Waals surface area contributed by atoms with Gasteiger partial charge in [-0.15, -0.1) is 0 Å². The smallest absolute Gasteiger partial charge is 0.309 e. The summed E-state index contributed by atoms with van der Waals surface area (Å²) in [7, 11) is 1.32. The first-order valence-corrected chi connectivity index (χ1v) is 3.31. The Bertz CT molecular complexity index is 192. The SMILES string of the molecule is COC(=O)CC(C)=CC(C)=O. The van der Waals surface area contributed by atoms with Crippen LogP contribution in [0.1, 0.15) is 20.3 Å². The van der Waals surface area contributed by atoms with Gasteiger partial charge in [-0.2, -0.15) is 0 Å². The molecule has 11 heavy (non-hydrogen) atoms. The Labute approximate surface area is 66.0 Å². The van der Waals surface area contributed by atoms with Gasteiger partial charge in [0.1, 0.15) is 0 Å². The summed E-state index contributed by atoms with van der Waals surface area (Å²) < 4.78 is 4.41. The van der Waals surface area contributed by atoms with Gasteiger partial charge in [-0.05, 0) is 19.9 Å². The van der Waals surface area contributed by atoms with Crippen LogP contribution in [0, 0.1) is 0 Å². The zero-order valence-corrected chi connectivity index (χ0v) is 7.01. The molecule has 0 aromatic rings. The number of hydrogen-bond acceptors (Lipinski definition) is 3. The maximum Gasteiger partial charge on any atom is 0.309 e. The van der Waals surface area contributed by atoms with Crippen molar-refractivity contribution in [2.45, 2.75) is 20.3 Å². The molecule has 0 rings (SSSR count). The molecule has 3 heteroatoms. The minimum Gasteiger partial charge on any atom is -0.469 e. The lowest BCUT2D eigenvalue weighted by atomic mass is 10.2. The number of esters is 1. The fourth-order valence-corrected chi connectivity index (χ4v) is 0.698. The van der Waals surface area contributed by atoms with Gasteiger partial charge in [0.2, 0.25) is 0 Å². The summed E-state index contributed by atoms with van der Waals surface area (Å²) in [5.74, 6) is -0.369. The molecule has 0 N–H and O–H groups in total. The number of allylic oxidation sites excluding steroid dienone is 1. The molecule has 62 valence electrons. The highest BCUT2D eigenvalue weighted by atomic mass is 16.5. The molecule has 0 fully saturated rings. The zero-order valence-electron chi connectivity index (χ0n) is 7.01. The van der Waals surface area contributed by atoms with Gasteiger partial charge in [0.15, 0.2) is 5.78 Å². The van der Waals surface area contributed by atoms with Gasteiger partial charge in [-0.3, -0.25) is 9.59 Å². The monoisotopic (exact) mass is 156 g/mol. The molecule has 0 heterocycles. The molecule has 0 aliphatic heterocycles. The van der Waals surface area contributed by atoms with E-state index in [0.29, 0.717) is 0 Å². The van der Waals surface area contributed by atoms with Crippen molar-refractivity contribution < 1.29 is 14.3 Å². The molecule has 0 bridgehead atoms. The predicted octanol–water partition coefficient (Wildman–Crippen LogP) is 1.08. The average molecular weight is 156 g/mol. The van der Waals surface area contributed by atoms with E-state index in [2.05, 4.69) is 4.74 Å². The average Bonchev–Trinajstić information content (AvgIpc) is 1.85. The van der Waals surface area contributed by atoms with Gasteiger partial charge in [0.05, 0.1) is 13.5 Å². The largest absolute Gasteiger partial charge is 0.469 e. The van der Waals surface area contributed by atoms with E-state index in [9.17, 15) is 9.59 Å². The van der Waals surface area contributed by atoms with Crippen LogP contribution < -0.4 is 0 Å². The molecule has 0 saturated heterocycles. The summed E-state index contributed by atoms with van der Waals surface area (Å²) in [6.45, 7) is 3.17. The molecule has 0 atom stereocenters. The van der Waals surface area contributed by atoms with Crippen molar-refractivity contribution in [2.24, 2.45) is 0 Å². The van der Waals surface area contributed by atoms with Gasteiger partial charge in [0, 0.05) is 0 Å². The number of hydrogen-bond donors (Lipinski definition) is 0. The van der Waals surface area contributed by atoms with Crippen LogP contribution in [-0.2, 0) is 14.3 Å². The molecule has 0 aromatic carbocycles. The van der Waals surface area contributed by atoms with E-state index in [1.165, 1.54) is 20.1 Å². The van der Waals surface area contributed by atoms with E-state index in [-0.39, 0.29) is 18.2 Å². The molecular weight excluding hydrogens is 144 g/mol. The predicted molar refractivity (Wildman–Crippen MR) is 41.1 cm³/mol. The van der Waals surface area contributed by atoms with Gasteiger partial charge >= 0.3 is 5.97 Å². The summed E-state index contributed by atoms with van der Waals surface area (Å²) in [5, 5.41) is 0. The first-order valence-electron chi connectivity index (χ1n) is 3.31. The van der Waals surface area contributed by atoms with Gasteiger partial charge in [0.25, 0.3) is 0 Å². The van der Waals surface area contributed by atoms with Crippen molar-refractivity contribution in [1.82, 2.24) is 0 Å². The van der Waals surface area contributed by atoms with Crippen LogP contribution in [-0.4, -0.2) is 18.9 Å². The third-order valence-corrected chi connectivity index (χ3v) is 1.10. The van der Waals surface area contributed by atoms with Crippen LogP contribution >= 0.6 is 0 Å².